The van der Waals surface area contributed by atoms with Gasteiger partial charge in [0.05, 0.1) is 20.6 Å². The van der Waals surface area contributed by atoms with Crippen LogP contribution < -0.4 is 10.6 Å². The summed E-state index contributed by atoms with van der Waals surface area (Å²) in [6, 6.07) is 5.61. The van der Waals surface area contributed by atoms with Crippen molar-refractivity contribution in [3.63, 3.8) is 0 Å². The van der Waals surface area contributed by atoms with Crippen molar-refractivity contribution in [2.75, 3.05) is 24.5 Å². The van der Waals surface area contributed by atoms with Crippen LogP contribution in [0.25, 0.3) is 5.65 Å². The molecule has 0 bridgehead atoms. The van der Waals surface area contributed by atoms with Crippen molar-refractivity contribution in [3.8, 4) is 0 Å². The molecule has 2 N–H and O–H groups in total. The zero-order valence-electron chi connectivity index (χ0n) is 15.8. The van der Waals surface area contributed by atoms with Crippen LogP contribution in [0, 0.1) is 12.3 Å². The van der Waals surface area contributed by atoms with E-state index in [0.29, 0.717) is 16.6 Å². The molecule has 0 unspecified atom stereocenters. The first-order valence-electron chi connectivity index (χ1n) is 9.19. The maximum Gasteiger partial charge on any atom is 0.228 e. The molecule has 0 saturated carbocycles. The fraction of sp³-hybridized carbons (Fsp3) is 0.421. The minimum absolute atomic E-state index is 0.201. The van der Waals surface area contributed by atoms with E-state index in [1.807, 2.05) is 23.6 Å². The summed E-state index contributed by atoms with van der Waals surface area (Å²) < 4.78 is 1.82. The number of hydrogen-bond donors (Lipinski definition) is 1. The molecule has 3 heterocycles. The van der Waals surface area contributed by atoms with E-state index in [1.54, 1.807) is 12.4 Å². The summed E-state index contributed by atoms with van der Waals surface area (Å²) in [6.07, 6.45) is 3.64. The Labute approximate surface area is 178 Å². The molecule has 9 heteroatoms. The Bertz CT molecular complexity index is 1010. The van der Waals surface area contributed by atoms with Crippen LogP contribution in [0.1, 0.15) is 25.5 Å². The Morgan fingerprint density at radius 1 is 1.25 bits per heavy atom. The molecule has 0 atom stereocenters. The van der Waals surface area contributed by atoms with Crippen molar-refractivity contribution in [1.82, 2.24) is 19.6 Å². The van der Waals surface area contributed by atoms with Crippen LogP contribution in [-0.2, 0) is 0 Å². The predicted octanol–water partition coefficient (Wildman–Crippen LogP) is 4.46. The number of nitrogens with two attached hydrogens (primary N) is 1. The molecule has 0 radical (unpaired) electrons. The third-order valence-electron chi connectivity index (χ3n) is 5.41. The number of piperidine rings is 1. The monoisotopic (exact) mass is 436 g/mol. The number of aryl methyl sites for hydroxylation is 1. The van der Waals surface area contributed by atoms with Gasteiger partial charge in [-0.25, -0.2) is 9.97 Å². The van der Waals surface area contributed by atoms with E-state index in [4.69, 9.17) is 33.9 Å². The van der Waals surface area contributed by atoms with Gasteiger partial charge in [-0.15, -0.1) is 0 Å². The molecule has 0 spiro atoms. The topological polar surface area (TPSA) is 72.3 Å². The lowest BCUT2D eigenvalue weighted by molar-refractivity contribution is 0.256. The summed E-state index contributed by atoms with van der Waals surface area (Å²) in [5.41, 5.74) is 7.82. The van der Waals surface area contributed by atoms with Crippen LogP contribution in [0.4, 0.5) is 5.95 Å². The van der Waals surface area contributed by atoms with Crippen molar-refractivity contribution in [2.45, 2.75) is 36.5 Å². The van der Waals surface area contributed by atoms with Gasteiger partial charge in [0, 0.05) is 18.0 Å². The minimum Gasteiger partial charge on any atom is -0.341 e. The third-order valence-corrected chi connectivity index (χ3v) is 7.58. The molecule has 2 aromatic heterocycles. The Morgan fingerprint density at radius 3 is 2.71 bits per heavy atom. The second kappa shape index (κ2) is 7.71. The molecule has 3 aromatic rings. The molecule has 28 heavy (non-hydrogen) atoms. The van der Waals surface area contributed by atoms with Gasteiger partial charge < -0.3 is 10.6 Å². The second-order valence-electron chi connectivity index (χ2n) is 7.48. The van der Waals surface area contributed by atoms with E-state index >= 15 is 0 Å². The van der Waals surface area contributed by atoms with E-state index in [9.17, 15) is 0 Å². The SMILES string of the molecule is Cc1nc(N2CCC(C)(CN)CC2)n2ncnc2c1Sc1cccc(Cl)c1Cl. The van der Waals surface area contributed by atoms with Gasteiger partial charge in [-0.2, -0.15) is 9.61 Å². The van der Waals surface area contributed by atoms with Gasteiger partial charge in [0.25, 0.3) is 0 Å². The quantitative estimate of drug-likeness (QED) is 0.650. The average molecular weight is 437 g/mol. The molecule has 1 fully saturated rings. The number of nitrogens with zero attached hydrogens (tertiary/aromatic N) is 5. The number of anilines is 1. The molecule has 1 saturated heterocycles. The standard InChI is InChI=1S/C19H22Cl2N6S/c1-12-16(28-14-5-3-4-13(20)15(14)21)17-23-11-24-27(17)18(25-12)26-8-6-19(2,10-22)7-9-26/h3-5,11H,6-10,22H2,1-2H3. The highest BCUT2D eigenvalue weighted by Crippen LogP contribution is 2.40. The molecule has 6 nitrogen and oxygen atoms in total. The lowest BCUT2D eigenvalue weighted by Crippen LogP contribution is -2.43. The molecule has 1 aliphatic rings. The Hall–Kier alpha value is -1.54. The molecule has 148 valence electrons. The van der Waals surface area contributed by atoms with Crippen LogP contribution in [0.5, 0.6) is 0 Å². The number of halogens is 2. The Morgan fingerprint density at radius 2 is 2.00 bits per heavy atom. The van der Waals surface area contributed by atoms with Crippen molar-refractivity contribution in [3.05, 3.63) is 40.3 Å². The zero-order chi connectivity index (χ0) is 19.9. The molecule has 4 rings (SSSR count). The van der Waals surface area contributed by atoms with Gasteiger partial charge >= 0.3 is 0 Å². The average Bonchev–Trinajstić information content (AvgIpc) is 3.17. The largest absolute Gasteiger partial charge is 0.341 e. The zero-order valence-corrected chi connectivity index (χ0v) is 18.2. The second-order valence-corrected chi connectivity index (χ2v) is 9.31. The van der Waals surface area contributed by atoms with Gasteiger partial charge in [-0.05, 0) is 43.9 Å². The number of aromatic nitrogens is 4. The highest BCUT2D eigenvalue weighted by atomic mass is 35.5. The highest BCUT2D eigenvalue weighted by molar-refractivity contribution is 7.99. The summed E-state index contributed by atoms with van der Waals surface area (Å²) in [5, 5.41) is 5.50. The minimum atomic E-state index is 0.201. The van der Waals surface area contributed by atoms with Gasteiger partial charge in [0.1, 0.15) is 6.33 Å². The smallest absolute Gasteiger partial charge is 0.228 e. The van der Waals surface area contributed by atoms with Crippen molar-refractivity contribution in [1.29, 1.82) is 0 Å². The van der Waals surface area contributed by atoms with Crippen LogP contribution in [-0.4, -0.2) is 39.2 Å². The van der Waals surface area contributed by atoms with Crippen molar-refractivity contribution < 1.29 is 0 Å². The fourth-order valence-corrected chi connectivity index (χ4v) is 4.86. The summed E-state index contributed by atoms with van der Waals surface area (Å²) >= 11 is 14.1. The Kier molecular flexibility index (Phi) is 5.44. The highest BCUT2D eigenvalue weighted by Gasteiger charge is 2.31. The van der Waals surface area contributed by atoms with Crippen LogP contribution in [0.2, 0.25) is 10.0 Å². The molecule has 0 amide bonds. The van der Waals surface area contributed by atoms with Gasteiger partial charge in [-0.3, -0.25) is 0 Å². The lowest BCUT2D eigenvalue weighted by Gasteiger charge is -2.39. The molecule has 1 aliphatic heterocycles. The van der Waals surface area contributed by atoms with E-state index in [1.165, 1.54) is 11.8 Å². The normalized spacial score (nSPS) is 16.7. The molecular formula is C19H22Cl2N6S. The maximum atomic E-state index is 6.38. The molecule has 0 aliphatic carbocycles. The summed E-state index contributed by atoms with van der Waals surface area (Å²) in [7, 11) is 0. The van der Waals surface area contributed by atoms with Gasteiger partial charge in [-0.1, -0.05) is 48.0 Å². The van der Waals surface area contributed by atoms with Crippen molar-refractivity contribution >= 4 is 46.6 Å². The van der Waals surface area contributed by atoms with Crippen molar-refractivity contribution in [2.24, 2.45) is 11.1 Å². The van der Waals surface area contributed by atoms with E-state index in [2.05, 4.69) is 21.9 Å². The third kappa shape index (κ3) is 3.56. The lowest BCUT2D eigenvalue weighted by atomic mass is 9.81. The summed E-state index contributed by atoms with van der Waals surface area (Å²) in [4.78, 5) is 13.4. The van der Waals surface area contributed by atoms with E-state index in [-0.39, 0.29) is 5.41 Å². The van der Waals surface area contributed by atoms with E-state index in [0.717, 1.165) is 53.0 Å². The van der Waals surface area contributed by atoms with Gasteiger partial charge in [0.15, 0.2) is 5.65 Å². The summed E-state index contributed by atoms with van der Waals surface area (Å²) in [6.45, 7) is 6.76. The number of fused-ring (bicyclic) bond motifs is 1. The predicted molar refractivity (Wildman–Crippen MR) is 115 cm³/mol. The van der Waals surface area contributed by atoms with Crippen LogP contribution in [0.15, 0.2) is 34.3 Å². The fourth-order valence-electron chi connectivity index (χ4n) is 3.40. The number of rotatable bonds is 4. The Balaban J connectivity index is 1.70. The number of benzene rings is 1. The summed E-state index contributed by atoms with van der Waals surface area (Å²) in [5.74, 6) is 0.825. The first-order chi connectivity index (χ1) is 13.4. The molecule has 1 aromatic carbocycles. The van der Waals surface area contributed by atoms with E-state index < -0.39 is 0 Å². The molecular weight excluding hydrogens is 415 g/mol. The van der Waals surface area contributed by atoms with Crippen LogP contribution >= 0.6 is 35.0 Å². The number of hydrogen-bond acceptors (Lipinski definition) is 6. The van der Waals surface area contributed by atoms with Gasteiger partial charge in [0.2, 0.25) is 5.95 Å². The first kappa shape index (κ1) is 19.8. The maximum absolute atomic E-state index is 6.38. The van der Waals surface area contributed by atoms with Crippen LogP contribution in [0.3, 0.4) is 0 Å². The first-order valence-corrected chi connectivity index (χ1v) is 10.8.